The van der Waals surface area contributed by atoms with Gasteiger partial charge in [0, 0.05) is 58.5 Å². The maximum absolute atomic E-state index is 14.4. The number of aryl methyl sites for hydroxylation is 1. The lowest BCUT2D eigenvalue weighted by Gasteiger charge is -2.39. The minimum Gasteiger partial charge on any atom is -0.464 e. The predicted octanol–water partition coefficient (Wildman–Crippen LogP) is 5.56. The molecule has 0 spiro atoms. The van der Waals surface area contributed by atoms with Crippen LogP contribution in [0.3, 0.4) is 0 Å². The van der Waals surface area contributed by atoms with E-state index in [4.69, 9.17) is 19.5 Å². The second-order valence-electron chi connectivity index (χ2n) is 17.6. The minimum absolute atomic E-state index is 0.131. The summed E-state index contributed by atoms with van der Waals surface area (Å²) in [6, 6.07) is 8.06. The molecule has 3 amide bonds. The Morgan fingerprint density at radius 1 is 1.17 bits per heavy atom. The number of nitrogens with one attached hydrogen (secondary N) is 3. The number of aromatic nitrogens is 3. The van der Waals surface area contributed by atoms with Crippen LogP contribution in [-0.2, 0) is 48.1 Å². The molecular formula is C45H58N8O6S. The van der Waals surface area contributed by atoms with Crippen molar-refractivity contribution in [3.8, 4) is 22.5 Å². The predicted molar refractivity (Wildman–Crippen MR) is 231 cm³/mol. The lowest BCUT2D eigenvalue weighted by molar-refractivity contribution is -0.157. The SMILES string of the molecule is C=CC(=O)N1CC(ON[C@H](C(=O)N[C@H]2Cc3nc(cs3)-c3ccc4c(c3)c(c(-c3cccnc3C(C)C)n4CC)CC(C)(C)COC(=O)[C@@H]3CCCN(N3)C2=O)C(C)C)C1. The molecule has 3 N–H and O–H groups in total. The number of ether oxygens (including phenoxy) is 1. The first-order chi connectivity index (χ1) is 28.7. The molecule has 2 fully saturated rings. The summed E-state index contributed by atoms with van der Waals surface area (Å²) in [5.74, 6) is -1.40. The van der Waals surface area contributed by atoms with E-state index in [2.05, 4.69) is 86.3 Å². The Morgan fingerprint density at radius 2 is 1.95 bits per heavy atom. The van der Waals surface area contributed by atoms with Gasteiger partial charge in [-0.3, -0.25) is 34.0 Å². The van der Waals surface area contributed by atoms with Crippen LogP contribution in [0.25, 0.3) is 33.4 Å². The van der Waals surface area contributed by atoms with Crippen molar-refractivity contribution in [2.45, 2.75) is 111 Å². The van der Waals surface area contributed by atoms with Crippen LogP contribution in [-0.4, -0.2) is 98.6 Å². The highest BCUT2D eigenvalue weighted by Gasteiger charge is 2.38. The molecule has 4 aromatic rings. The normalized spacial score (nSPS) is 20.5. The molecule has 6 heterocycles. The van der Waals surface area contributed by atoms with Crippen LogP contribution in [0.4, 0.5) is 0 Å². The van der Waals surface area contributed by atoms with Crippen LogP contribution in [0.2, 0.25) is 0 Å². The zero-order valence-corrected chi connectivity index (χ0v) is 36.6. The van der Waals surface area contributed by atoms with Gasteiger partial charge in [-0.1, -0.05) is 54.2 Å². The van der Waals surface area contributed by atoms with Crippen molar-refractivity contribution in [2.75, 3.05) is 26.2 Å². The minimum atomic E-state index is -1.01. The van der Waals surface area contributed by atoms with Gasteiger partial charge in [0.1, 0.15) is 24.2 Å². The number of hydrogen-bond acceptors (Lipinski definition) is 11. The van der Waals surface area contributed by atoms with Crippen LogP contribution >= 0.6 is 11.3 Å². The van der Waals surface area contributed by atoms with E-state index < -0.39 is 35.4 Å². The lowest BCUT2D eigenvalue weighted by atomic mass is 9.84. The molecule has 1 aromatic carbocycles. The van der Waals surface area contributed by atoms with Crippen molar-refractivity contribution in [3.05, 3.63) is 70.8 Å². The van der Waals surface area contributed by atoms with E-state index in [-0.39, 0.29) is 42.8 Å². The number of hydrazine groups is 1. The average molecular weight is 839 g/mol. The van der Waals surface area contributed by atoms with E-state index in [1.54, 1.807) is 4.90 Å². The summed E-state index contributed by atoms with van der Waals surface area (Å²) in [6.45, 7) is 20.1. The summed E-state index contributed by atoms with van der Waals surface area (Å²) in [4.78, 5) is 71.5. The highest BCUT2D eigenvalue weighted by molar-refractivity contribution is 7.10. The van der Waals surface area contributed by atoms with Gasteiger partial charge in [0.15, 0.2) is 0 Å². The van der Waals surface area contributed by atoms with Gasteiger partial charge < -0.3 is 19.5 Å². The van der Waals surface area contributed by atoms with E-state index in [1.165, 1.54) is 22.4 Å². The molecule has 0 unspecified atom stereocenters. The number of pyridine rings is 1. The van der Waals surface area contributed by atoms with Crippen LogP contribution in [0.1, 0.15) is 83.5 Å². The second-order valence-corrected chi connectivity index (χ2v) is 18.5. The third-order valence-corrected chi connectivity index (χ3v) is 12.5. The number of rotatable bonds is 10. The first kappa shape index (κ1) is 43.1. The van der Waals surface area contributed by atoms with Crippen molar-refractivity contribution < 1.29 is 28.8 Å². The van der Waals surface area contributed by atoms with Crippen molar-refractivity contribution >= 4 is 45.9 Å². The molecule has 0 aliphatic carbocycles. The summed E-state index contributed by atoms with van der Waals surface area (Å²) < 4.78 is 8.45. The Morgan fingerprint density at radius 3 is 2.67 bits per heavy atom. The van der Waals surface area contributed by atoms with Gasteiger partial charge in [0.2, 0.25) is 11.8 Å². The molecule has 60 heavy (non-hydrogen) atoms. The Labute approximate surface area is 356 Å². The van der Waals surface area contributed by atoms with Gasteiger partial charge in [-0.15, -0.1) is 11.3 Å². The van der Waals surface area contributed by atoms with E-state index >= 15 is 0 Å². The summed E-state index contributed by atoms with van der Waals surface area (Å²) in [6.07, 6.45) is 4.66. The van der Waals surface area contributed by atoms with Crippen LogP contribution in [0, 0.1) is 11.3 Å². The van der Waals surface area contributed by atoms with Crippen LogP contribution < -0.4 is 16.2 Å². The van der Waals surface area contributed by atoms with Crippen molar-refractivity contribution in [3.63, 3.8) is 0 Å². The summed E-state index contributed by atoms with van der Waals surface area (Å²) in [5.41, 5.74) is 12.8. The third kappa shape index (κ3) is 9.04. The molecule has 6 bridgehead atoms. The molecule has 2 saturated heterocycles. The molecule has 0 radical (unpaired) electrons. The van der Waals surface area contributed by atoms with Gasteiger partial charge in [-0.25, -0.2) is 10.4 Å². The first-order valence-corrected chi connectivity index (χ1v) is 22.0. The number of thiazole rings is 1. The van der Waals surface area contributed by atoms with Gasteiger partial charge in [-0.2, -0.15) is 5.48 Å². The van der Waals surface area contributed by atoms with Gasteiger partial charge in [0.25, 0.3) is 5.91 Å². The molecule has 3 aliphatic heterocycles. The number of cyclic esters (lactones) is 1. The molecule has 3 aromatic heterocycles. The van der Waals surface area contributed by atoms with E-state index in [1.807, 2.05) is 31.5 Å². The Bertz CT molecular complexity index is 2260. The van der Waals surface area contributed by atoms with Crippen molar-refractivity contribution in [1.29, 1.82) is 0 Å². The van der Waals surface area contributed by atoms with Crippen LogP contribution in [0.5, 0.6) is 0 Å². The number of carbonyl (C=O) groups is 4. The lowest BCUT2D eigenvalue weighted by Crippen LogP contribution is -2.62. The quantitative estimate of drug-likeness (QED) is 0.105. The molecule has 320 valence electrons. The van der Waals surface area contributed by atoms with Gasteiger partial charge in [-0.05, 0) is 73.9 Å². The maximum Gasteiger partial charge on any atom is 0.324 e. The van der Waals surface area contributed by atoms with E-state index in [9.17, 15) is 19.2 Å². The molecule has 15 heteroatoms. The largest absolute Gasteiger partial charge is 0.464 e. The number of hydrogen-bond donors (Lipinski definition) is 3. The van der Waals surface area contributed by atoms with E-state index in [0.29, 0.717) is 43.9 Å². The Balaban J connectivity index is 1.25. The number of amides is 3. The van der Waals surface area contributed by atoms with Gasteiger partial charge >= 0.3 is 5.97 Å². The molecule has 0 saturated carbocycles. The number of esters is 1. The fraction of sp³-hybridized carbons (Fsp3) is 0.511. The summed E-state index contributed by atoms with van der Waals surface area (Å²) in [5, 5.41) is 8.22. The third-order valence-electron chi connectivity index (χ3n) is 11.6. The average Bonchev–Trinajstić information content (AvgIpc) is 3.81. The maximum atomic E-state index is 14.4. The Kier molecular flexibility index (Phi) is 12.9. The monoisotopic (exact) mass is 838 g/mol. The molecule has 7 rings (SSSR count). The highest BCUT2D eigenvalue weighted by Crippen LogP contribution is 2.42. The summed E-state index contributed by atoms with van der Waals surface area (Å²) >= 11 is 1.44. The van der Waals surface area contributed by atoms with Crippen molar-refractivity contribution in [1.82, 2.24) is 40.7 Å². The fourth-order valence-electron chi connectivity index (χ4n) is 8.33. The smallest absolute Gasteiger partial charge is 0.324 e. The number of benzene rings is 1. The topological polar surface area (TPSA) is 160 Å². The van der Waals surface area contributed by atoms with Crippen LogP contribution in [0.15, 0.2) is 54.6 Å². The zero-order valence-electron chi connectivity index (χ0n) is 35.7. The number of fused-ring (bicyclic) bond motifs is 6. The Hall–Kier alpha value is -4.96. The van der Waals surface area contributed by atoms with E-state index in [0.717, 1.165) is 51.2 Å². The number of hydroxylamine groups is 1. The van der Waals surface area contributed by atoms with Gasteiger partial charge in [0.05, 0.1) is 41.8 Å². The second kappa shape index (κ2) is 17.9. The first-order valence-electron chi connectivity index (χ1n) is 21.1. The molecular weight excluding hydrogens is 781 g/mol. The summed E-state index contributed by atoms with van der Waals surface area (Å²) in [7, 11) is 0. The fourth-order valence-corrected chi connectivity index (χ4v) is 9.18. The number of nitrogens with zero attached hydrogens (tertiary/aromatic N) is 5. The molecule has 3 atom stereocenters. The number of likely N-dealkylation sites (tertiary alicyclic amines) is 1. The standard InChI is InChI=1S/C45H58N8O6S/c1-9-38(54)51-22-29(23-51)59-50-40(27(5)6)42(55)48-34-20-37-47-35(24-60-37)28-15-16-36-31(19-28)32(41(52(36)10-2)30-13-11-17-46-39(30)26(3)4)21-45(7,8)25-58-44(57)33-14-12-18-53(49-33)43(34)56/h9,11,13,15-17,19,24,26-27,29,33-34,40,49-50H,1,10,12,14,18,20-23,25H2,2-8H3,(H,48,55)/t33-,34-,40-/m0/s1. The number of carbonyl (C=O) groups excluding carboxylic acids is 4. The zero-order chi connectivity index (χ0) is 42.9. The van der Waals surface area contributed by atoms with Crippen molar-refractivity contribution in [2.24, 2.45) is 11.3 Å². The molecule has 14 nitrogen and oxygen atoms in total. The molecule has 3 aliphatic rings. The highest BCUT2D eigenvalue weighted by atomic mass is 32.1.